The Morgan fingerprint density at radius 1 is 1.09 bits per heavy atom. The van der Waals surface area contributed by atoms with Gasteiger partial charge in [-0.3, -0.25) is 4.79 Å². The second-order valence-corrected chi connectivity index (χ2v) is 5.62. The molecule has 0 saturated heterocycles. The van der Waals surface area contributed by atoms with Crippen LogP contribution in [0.25, 0.3) is 10.8 Å². The first-order chi connectivity index (χ1) is 10.7. The minimum Gasteiger partial charge on any atom is -0.496 e. The summed E-state index contributed by atoms with van der Waals surface area (Å²) in [5.74, 6) is 1.82. The molecule has 4 heteroatoms. The number of hydrogen-bond donors (Lipinski definition) is 1. The first kappa shape index (κ1) is 14.7. The van der Waals surface area contributed by atoms with Gasteiger partial charge >= 0.3 is 0 Å². The zero-order valence-electron chi connectivity index (χ0n) is 13.2. The van der Waals surface area contributed by atoms with Crippen LogP contribution < -0.4 is 14.8 Å². The molecule has 1 aliphatic rings. The van der Waals surface area contributed by atoms with Gasteiger partial charge in [-0.15, -0.1) is 0 Å². The topological polar surface area (TPSA) is 47.6 Å². The van der Waals surface area contributed by atoms with Crippen LogP contribution >= 0.6 is 0 Å². The molecule has 0 aromatic heterocycles. The zero-order chi connectivity index (χ0) is 15.7. The van der Waals surface area contributed by atoms with Gasteiger partial charge in [-0.1, -0.05) is 19.1 Å². The summed E-state index contributed by atoms with van der Waals surface area (Å²) in [6.45, 7) is 1.87. The second kappa shape index (κ2) is 5.87. The van der Waals surface area contributed by atoms with Crippen molar-refractivity contribution in [2.45, 2.75) is 32.2 Å². The maximum absolute atomic E-state index is 11.8. The third-order valence-electron chi connectivity index (χ3n) is 4.34. The van der Waals surface area contributed by atoms with Gasteiger partial charge in [-0.05, 0) is 35.7 Å². The van der Waals surface area contributed by atoms with E-state index in [9.17, 15) is 4.79 Å². The van der Waals surface area contributed by atoms with Crippen LogP contribution in [0, 0.1) is 0 Å². The third-order valence-corrected chi connectivity index (χ3v) is 4.34. The number of methoxy groups -OCH3 is 2. The summed E-state index contributed by atoms with van der Waals surface area (Å²) < 4.78 is 11.1. The average molecular weight is 299 g/mol. The van der Waals surface area contributed by atoms with E-state index in [1.54, 1.807) is 14.2 Å². The number of rotatable bonds is 4. The maximum atomic E-state index is 11.8. The summed E-state index contributed by atoms with van der Waals surface area (Å²) in [4.78, 5) is 11.8. The third kappa shape index (κ3) is 2.39. The largest absolute Gasteiger partial charge is 0.496 e. The number of carbonyl (C=O) groups excluding carboxylic acids is 1. The summed E-state index contributed by atoms with van der Waals surface area (Å²) in [7, 11) is 3.37. The fourth-order valence-corrected chi connectivity index (χ4v) is 3.32. The van der Waals surface area contributed by atoms with Crippen LogP contribution in [0.4, 0.5) is 0 Å². The monoisotopic (exact) mass is 299 g/mol. The molecule has 1 aliphatic carbocycles. The molecular formula is C18H21NO3. The smallest absolute Gasteiger partial charge is 0.219 e. The highest BCUT2D eigenvalue weighted by Crippen LogP contribution is 2.39. The number of amides is 1. The molecule has 0 heterocycles. The molecule has 0 spiro atoms. The van der Waals surface area contributed by atoms with Crippen molar-refractivity contribution in [2.75, 3.05) is 14.2 Å². The van der Waals surface area contributed by atoms with E-state index in [2.05, 4.69) is 17.4 Å². The van der Waals surface area contributed by atoms with Gasteiger partial charge < -0.3 is 14.8 Å². The van der Waals surface area contributed by atoms with E-state index < -0.39 is 0 Å². The predicted molar refractivity (Wildman–Crippen MR) is 86.7 cm³/mol. The number of benzene rings is 2. The lowest BCUT2D eigenvalue weighted by molar-refractivity contribution is -0.121. The van der Waals surface area contributed by atoms with Crippen LogP contribution in [-0.4, -0.2) is 26.2 Å². The van der Waals surface area contributed by atoms with E-state index in [1.165, 1.54) is 10.8 Å². The standard InChI is InChI=1S/C18H21NO3/c1-4-17(20)19-12-9-13-15(21-2)7-5-11-6-8-16(22-3)14(10-12)18(11)13/h5-8,12H,4,9-10H2,1-3H3,(H,19,20). The number of ether oxygens (including phenoxy) is 2. The lowest BCUT2D eigenvalue weighted by Crippen LogP contribution is -2.39. The van der Waals surface area contributed by atoms with Crippen molar-refractivity contribution in [1.82, 2.24) is 5.32 Å². The summed E-state index contributed by atoms with van der Waals surface area (Å²) in [5.41, 5.74) is 2.31. The number of hydrogen-bond acceptors (Lipinski definition) is 3. The van der Waals surface area contributed by atoms with E-state index in [1.807, 2.05) is 19.1 Å². The fraction of sp³-hybridized carbons (Fsp3) is 0.389. The Bertz CT molecular complexity index is 675. The van der Waals surface area contributed by atoms with Gasteiger partial charge in [-0.25, -0.2) is 0 Å². The van der Waals surface area contributed by atoms with Gasteiger partial charge in [-0.2, -0.15) is 0 Å². The minimum atomic E-state index is 0.0782. The van der Waals surface area contributed by atoms with Gasteiger partial charge in [0.05, 0.1) is 14.2 Å². The summed E-state index contributed by atoms with van der Waals surface area (Å²) in [5, 5.41) is 5.50. The van der Waals surface area contributed by atoms with Crippen molar-refractivity contribution in [2.24, 2.45) is 0 Å². The minimum absolute atomic E-state index is 0.0782. The van der Waals surface area contributed by atoms with Gasteiger partial charge in [0.1, 0.15) is 11.5 Å². The molecule has 2 aromatic rings. The quantitative estimate of drug-likeness (QED) is 0.944. The lowest BCUT2D eigenvalue weighted by Gasteiger charge is -2.28. The molecule has 1 amide bonds. The van der Waals surface area contributed by atoms with Crippen molar-refractivity contribution in [3.63, 3.8) is 0 Å². The molecule has 2 aromatic carbocycles. The average Bonchev–Trinajstić information content (AvgIpc) is 2.55. The molecule has 4 nitrogen and oxygen atoms in total. The van der Waals surface area contributed by atoms with E-state index in [-0.39, 0.29) is 11.9 Å². The fourth-order valence-electron chi connectivity index (χ4n) is 3.32. The number of carbonyl (C=O) groups is 1. The molecule has 116 valence electrons. The highest BCUT2D eigenvalue weighted by atomic mass is 16.5. The Morgan fingerprint density at radius 3 is 2.09 bits per heavy atom. The van der Waals surface area contributed by atoms with Crippen molar-refractivity contribution < 1.29 is 14.3 Å². The molecule has 0 atom stereocenters. The highest BCUT2D eigenvalue weighted by Gasteiger charge is 2.26. The zero-order valence-corrected chi connectivity index (χ0v) is 13.2. The molecule has 0 unspecified atom stereocenters. The predicted octanol–water partition coefficient (Wildman–Crippen LogP) is 2.85. The van der Waals surface area contributed by atoms with Gasteiger partial charge in [0.2, 0.25) is 5.91 Å². The molecule has 0 bridgehead atoms. The van der Waals surface area contributed by atoms with E-state index >= 15 is 0 Å². The van der Waals surface area contributed by atoms with Gasteiger partial charge in [0.15, 0.2) is 0 Å². The normalized spacial score (nSPS) is 14.0. The maximum Gasteiger partial charge on any atom is 0.219 e. The van der Waals surface area contributed by atoms with Crippen LogP contribution in [0.1, 0.15) is 24.5 Å². The van der Waals surface area contributed by atoms with Crippen LogP contribution in [0.2, 0.25) is 0 Å². The SMILES string of the molecule is CCC(=O)NC1Cc2c(OC)ccc3ccc(OC)c(c23)C1. The Labute approximate surface area is 130 Å². The molecule has 0 saturated carbocycles. The number of nitrogens with one attached hydrogen (secondary N) is 1. The van der Waals surface area contributed by atoms with Crippen LogP contribution in [-0.2, 0) is 17.6 Å². The first-order valence-corrected chi connectivity index (χ1v) is 7.62. The van der Waals surface area contributed by atoms with Crippen molar-refractivity contribution in [3.8, 4) is 11.5 Å². The molecule has 3 rings (SSSR count). The van der Waals surface area contributed by atoms with Crippen LogP contribution in [0.15, 0.2) is 24.3 Å². The van der Waals surface area contributed by atoms with Crippen molar-refractivity contribution in [1.29, 1.82) is 0 Å². The molecule has 0 aliphatic heterocycles. The summed E-state index contributed by atoms with van der Waals surface area (Å²) >= 11 is 0. The van der Waals surface area contributed by atoms with Crippen LogP contribution in [0.3, 0.4) is 0 Å². The molecule has 1 N–H and O–H groups in total. The Hall–Kier alpha value is -2.23. The molecule has 0 fully saturated rings. The molecular weight excluding hydrogens is 278 g/mol. The van der Waals surface area contributed by atoms with E-state index in [4.69, 9.17) is 9.47 Å². The highest BCUT2D eigenvalue weighted by molar-refractivity contribution is 5.93. The second-order valence-electron chi connectivity index (χ2n) is 5.62. The molecule has 0 radical (unpaired) electrons. The van der Waals surface area contributed by atoms with E-state index in [0.717, 1.165) is 35.5 Å². The Balaban J connectivity index is 2.14. The Morgan fingerprint density at radius 2 is 1.64 bits per heavy atom. The van der Waals surface area contributed by atoms with Crippen LogP contribution in [0.5, 0.6) is 11.5 Å². The van der Waals surface area contributed by atoms with Crippen molar-refractivity contribution in [3.05, 3.63) is 35.4 Å². The molecule has 22 heavy (non-hydrogen) atoms. The first-order valence-electron chi connectivity index (χ1n) is 7.62. The Kier molecular flexibility index (Phi) is 3.92. The lowest BCUT2D eigenvalue weighted by atomic mass is 9.84. The summed E-state index contributed by atoms with van der Waals surface area (Å²) in [6.07, 6.45) is 2.06. The van der Waals surface area contributed by atoms with Crippen molar-refractivity contribution >= 4 is 16.7 Å². The van der Waals surface area contributed by atoms with Gasteiger partial charge in [0, 0.05) is 23.6 Å². The van der Waals surface area contributed by atoms with E-state index in [0.29, 0.717) is 6.42 Å². The van der Waals surface area contributed by atoms with Gasteiger partial charge in [0.25, 0.3) is 0 Å². The summed E-state index contributed by atoms with van der Waals surface area (Å²) in [6, 6.07) is 8.23.